The number of nitrogens with one attached hydrogen (secondary N) is 3. The van der Waals surface area contributed by atoms with Crippen molar-refractivity contribution in [2.75, 3.05) is 32.7 Å². The molecule has 152 valence electrons. The van der Waals surface area contributed by atoms with Crippen molar-refractivity contribution in [2.45, 2.75) is 77.3 Å². The molecule has 1 saturated carbocycles. The van der Waals surface area contributed by atoms with E-state index >= 15 is 0 Å². The van der Waals surface area contributed by atoms with Gasteiger partial charge in [0, 0.05) is 44.7 Å². The van der Waals surface area contributed by atoms with E-state index < -0.39 is 0 Å². The molecule has 0 radical (unpaired) electrons. The number of nitrogens with zero attached hydrogens (tertiary/aromatic N) is 2. The van der Waals surface area contributed by atoms with Gasteiger partial charge in [-0.25, -0.2) is 0 Å². The number of aliphatic imine (C=N–C) groups is 1. The number of carbonyl (C=O) groups excluding carboxylic acids is 1. The van der Waals surface area contributed by atoms with Crippen molar-refractivity contribution in [2.24, 2.45) is 4.99 Å². The average Bonchev–Trinajstić information content (AvgIpc) is 3.43. The molecule has 2 aliphatic rings. The van der Waals surface area contributed by atoms with Crippen LogP contribution in [0.3, 0.4) is 0 Å². The summed E-state index contributed by atoms with van der Waals surface area (Å²) in [5.74, 6) is 1.04. The van der Waals surface area contributed by atoms with Crippen LogP contribution in [0.4, 0.5) is 0 Å². The van der Waals surface area contributed by atoms with Crippen LogP contribution in [-0.2, 0) is 4.79 Å². The zero-order chi connectivity index (χ0) is 17.9. The lowest BCUT2D eigenvalue weighted by atomic mass is 10.0. The minimum atomic E-state index is 0. The predicted molar refractivity (Wildman–Crippen MR) is 119 cm³/mol. The van der Waals surface area contributed by atoms with Crippen LogP contribution in [0.2, 0.25) is 0 Å². The van der Waals surface area contributed by atoms with Gasteiger partial charge in [-0.05, 0) is 52.0 Å². The number of halogens is 1. The van der Waals surface area contributed by atoms with Gasteiger partial charge in [-0.2, -0.15) is 0 Å². The van der Waals surface area contributed by atoms with E-state index in [1.165, 1.54) is 32.2 Å². The molecular weight excluding hydrogens is 441 g/mol. The molecule has 1 amide bonds. The van der Waals surface area contributed by atoms with Gasteiger partial charge >= 0.3 is 0 Å². The first-order chi connectivity index (χ1) is 12.2. The highest BCUT2D eigenvalue weighted by Crippen LogP contribution is 2.19. The van der Waals surface area contributed by atoms with E-state index in [-0.39, 0.29) is 29.9 Å². The van der Waals surface area contributed by atoms with E-state index in [0.717, 1.165) is 50.9 Å². The normalized spacial score (nSPS) is 21.0. The molecule has 1 unspecified atom stereocenters. The summed E-state index contributed by atoms with van der Waals surface area (Å²) in [6, 6.07) is 1.21. The number of hydrogen-bond donors (Lipinski definition) is 3. The summed E-state index contributed by atoms with van der Waals surface area (Å²) in [7, 11) is 0. The number of piperidine rings is 1. The Balaban J connectivity index is 0.00000338. The monoisotopic (exact) mass is 479 g/mol. The van der Waals surface area contributed by atoms with Gasteiger partial charge in [0.25, 0.3) is 0 Å². The van der Waals surface area contributed by atoms with E-state index in [2.05, 4.69) is 39.7 Å². The summed E-state index contributed by atoms with van der Waals surface area (Å²) >= 11 is 0. The van der Waals surface area contributed by atoms with Gasteiger partial charge in [-0.3, -0.25) is 14.7 Å². The number of rotatable bonds is 10. The summed E-state index contributed by atoms with van der Waals surface area (Å²) in [5, 5.41) is 9.76. The first-order valence-electron chi connectivity index (χ1n) is 10.3. The Bertz CT molecular complexity index is 428. The number of amides is 1. The van der Waals surface area contributed by atoms with Crippen LogP contribution in [0.25, 0.3) is 0 Å². The van der Waals surface area contributed by atoms with Crippen molar-refractivity contribution in [1.29, 1.82) is 0 Å². The van der Waals surface area contributed by atoms with E-state index in [1.54, 1.807) is 0 Å². The Morgan fingerprint density at radius 3 is 2.65 bits per heavy atom. The molecule has 1 atom stereocenters. The molecule has 0 aromatic carbocycles. The maximum absolute atomic E-state index is 11.7. The molecule has 0 spiro atoms. The van der Waals surface area contributed by atoms with Crippen molar-refractivity contribution < 1.29 is 4.79 Å². The molecule has 0 aromatic heterocycles. The maximum Gasteiger partial charge on any atom is 0.220 e. The van der Waals surface area contributed by atoms with Gasteiger partial charge in [0.1, 0.15) is 0 Å². The van der Waals surface area contributed by atoms with Crippen LogP contribution in [0.15, 0.2) is 4.99 Å². The Morgan fingerprint density at radius 1 is 1.15 bits per heavy atom. The summed E-state index contributed by atoms with van der Waals surface area (Å²) in [4.78, 5) is 18.9. The van der Waals surface area contributed by atoms with Crippen LogP contribution < -0.4 is 16.0 Å². The molecule has 26 heavy (non-hydrogen) atoms. The van der Waals surface area contributed by atoms with Crippen molar-refractivity contribution in [3.8, 4) is 0 Å². The Morgan fingerprint density at radius 2 is 1.96 bits per heavy atom. The minimum Gasteiger partial charge on any atom is -0.357 e. The second-order valence-electron chi connectivity index (χ2n) is 7.23. The summed E-state index contributed by atoms with van der Waals surface area (Å²) in [6.45, 7) is 9.14. The van der Waals surface area contributed by atoms with E-state index in [1.807, 2.05) is 0 Å². The lowest BCUT2D eigenvalue weighted by molar-refractivity contribution is -0.121. The molecule has 0 bridgehead atoms. The van der Waals surface area contributed by atoms with Gasteiger partial charge in [-0.1, -0.05) is 13.3 Å². The molecule has 6 nitrogen and oxygen atoms in total. The average molecular weight is 479 g/mol. The van der Waals surface area contributed by atoms with Crippen molar-refractivity contribution in [3.05, 3.63) is 0 Å². The van der Waals surface area contributed by atoms with Crippen molar-refractivity contribution in [3.63, 3.8) is 0 Å². The summed E-state index contributed by atoms with van der Waals surface area (Å²) in [5.41, 5.74) is 0. The Kier molecular flexibility index (Phi) is 12.3. The second-order valence-corrected chi connectivity index (χ2v) is 7.23. The third-order valence-corrected chi connectivity index (χ3v) is 5.03. The van der Waals surface area contributed by atoms with Crippen molar-refractivity contribution in [1.82, 2.24) is 20.9 Å². The molecule has 3 N–H and O–H groups in total. The zero-order valence-corrected chi connectivity index (χ0v) is 18.9. The van der Waals surface area contributed by atoms with Crippen LogP contribution >= 0.6 is 24.0 Å². The molecule has 7 heteroatoms. The van der Waals surface area contributed by atoms with Gasteiger partial charge < -0.3 is 16.0 Å². The highest BCUT2D eigenvalue weighted by molar-refractivity contribution is 14.0. The van der Waals surface area contributed by atoms with E-state index in [9.17, 15) is 4.79 Å². The number of likely N-dealkylation sites (tertiary alicyclic amines) is 1. The SMILES string of the molecule is CCNC(=NCCCC(=O)NC1CC1)NCCN1CCCCC1CC.I. The highest BCUT2D eigenvalue weighted by Gasteiger charge is 2.22. The first-order valence-corrected chi connectivity index (χ1v) is 10.3. The van der Waals surface area contributed by atoms with Gasteiger partial charge in [-0.15, -0.1) is 24.0 Å². The van der Waals surface area contributed by atoms with E-state index in [0.29, 0.717) is 19.0 Å². The molecule has 1 aliphatic carbocycles. The molecule has 2 rings (SSSR count). The summed E-state index contributed by atoms with van der Waals surface area (Å²) < 4.78 is 0. The largest absolute Gasteiger partial charge is 0.357 e. The Labute approximate surface area is 176 Å². The number of hydrogen-bond acceptors (Lipinski definition) is 3. The molecule has 1 saturated heterocycles. The van der Waals surface area contributed by atoms with Gasteiger partial charge in [0.15, 0.2) is 5.96 Å². The zero-order valence-electron chi connectivity index (χ0n) is 16.6. The number of carbonyl (C=O) groups is 1. The standard InChI is InChI=1S/C19H37N5O.HI/c1-3-17-8-5-6-14-24(17)15-13-22-19(20-4-2)21-12-7-9-18(25)23-16-10-11-16;/h16-17H,3-15H2,1-2H3,(H,23,25)(H2,20,21,22);1H. The van der Waals surface area contributed by atoms with Gasteiger partial charge in [0.2, 0.25) is 5.91 Å². The second kappa shape index (κ2) is 13.6. The quantitative estimate of drug-likeness (QED) is 0.195. The van der Waals surface area contributed by atoms with Crippen LogP contribution in [0.1, 0.15) is 65.2 Å². The van der Waals surface area contributed by atoms with Crippen LogP contribution in [0.5, 0.6) is 0 Å². The number of guanidine groups is 1. The molecule has 2 fully saturated rings. The molecule has 1 aliphatic heterocycles. The fourth-order valence-electron chi connectivity index (χ4n) is 3.43. The van der Waals surface area contributed by atoms with E-state index in [4.69, 9.17) is 0 Å². The molecule has 0 aromatic rings. The molecule has 1 heterocycles. The van der Waals surface area contributed by atoms with Gasteiger partial charge in [0.05, 0.1) is 0 Å². The minimum absolute atomic E-state index is 0. The fourth-order valence-corrected chi connectivity index (χ4v) is 3.43. The lowest BCUT2D eigenvalue weighted by Gasteiger charge is -2.35. The van der Waals surface area contributed by atoms with Crippen LogP contribution in [-0.4, -0.2) is 61.6 Å². The Hall–Kier alpha value is -0.570. The first kappa shape index (κ1) is 23.5. The third-order valence-electron chi connectivity index (χ3n) is 5.03. The van der Waals surface area contributed by atoms with Crippen molar-refractivity contribution >= 4 is 35.8 Å². The summed E-state index contributed by atoms with van der Waals surface area (Å²) in [6.07, 6.45) is 8.96. The maximum atomic E-state index is 11.7. The predicted octanol–water partition coefficient (Wildman–Crippen LogP) is 2.48. The smallest absolute Gasteiger partial charge is 0.220 e. The lowest BCUT2D eigenvalue weighted by Crippen LogP contribution is -2.46. The third kappa shape index (κ3) is 9.39. The molecular formula is C19H38IN5O. The van der Waals surface area contributed by atoms with Crippen LogP contribution in [0, 0.1) is 0 Å². The topological polar surface area (TPSA) is 68.8 Å². The fraction of sp³-hybridized carbons (Fsp3) is 0.895. The highest BCUT2D eigenvalue weighted by atomic mass is 127.